The van der Waals surface area contributed by atoms with Gasteiger partial charge < -0.3 is 14.4 Å². The van der Waals surface area contributed by atoms with E-state index in [1.54, 1.807) is 31.3 Å². The van der Waals surface area contributed by atoms with Crippen LogP contribution in [0, 0.1) is 0 Å². The summed E-state index contributed by atoms with van der Waals surface area (Å²) in [4.78, 5) is 25.7. The summed E-state index contributed by atoms with van der Waals surface area (Å²) in [6.07, 6.45) is 0. The lowest BCUT2D eigenvalue weighted by atomic mass is 10.2. The largest absolute Gasteiger partial charge is 0.495 e. The fourth-order valence-electron chi connectivity index (χ4n) is 2.30. The molecule has 0 atom stereocenters. The van der Waals surface area contributed by atoms with Crippen molar-refractivity contribution in [2.24, 2.45) is 0 Å². The number of likely N-dealkylation sites (N-methyl/N-ethyl adjacent to an activating group) is 1. The molecule has 8 nitrogen and oxygen atoms in total. The average molecular weight is 406 g/mol. The van der Waals surface area contributed by atoms with Gasteiger partial charge in [-0.2, -0.15) is 0 Å². The molecule has 0 aromatic heterocycles. The van der Waals surface area contributed by atoms with Gasteiger partial charge in [0.2, 0.25) is 10.0 Å². The summed E-state index contributed by atoms with van der Waals surface area (Å²) >= 11 is 0. The van der Waals surface area contributed by atoms with Crippen molar-refractivity contribution in [1.82, 2.24) is 4.31 Å². The van der Waals surface area contributed by atoms with Crippen LogP contribution in [0.4, 0.5) is 5.69 Å². The molecule has 0 bridgehead atoms. The summed E-state index contributed by atoms with van der Waals surface area (Å²) in [6, 6.07) is 12.8. The third kappa shape index (κ3) is 4.68. The first-order valence-corrected chi connectivity index (χ1v) is 9.71. The number of ether oxygens (including phenoxy) is 2. The van der Waals surface area contributed by atoms with Crippen molar-refractivity contribution in [1.29, 1.82) is 0 Å². The van der Waals surface area contributed by atoms with E-state index in [0.717, 1.165) is 4.31 Å². The van der Waals surface area contributed by atoms with Gasteiger partial charge in [0.1, 0.15) is 10.6 Å². The monoisotopic (exact) mass is 406 g/mol. The zero-order valence-corrected chi connectivity index (χ0v) is 16.9. The Balaban J connectivity index is 2.15. The average Bonchev–Trinajstić information content (AvgIpc) is 2.71. The van der Waals surface area contributed by atoms with E-state index in [1.807, 2.05) is 6.07 Å². The van der Waals surface area contributed by atoms with Gasteiger partial charge in [-0.3, -0.25) is 4.79 Å². The molecule has 9 heteroatoms. The van der Waals surface area contributed by atoms with Crippen LogP contribution in [0.25, 0.3) is 0 Å². The standard InChI is InChI=1S/C19H22N2O6S/c1-20(2)28(24,25)17-12-14(10-11-16(17)26-4)19(23)27-13-18(22)21(3)15-8-6-5-7-9-15/h5-12H,13H2,1-4H3. The van der Waals surface area contributed by atoms with Crippen molar-refractivity contribution in [3.63, 3.8) is 0 Å². The SMILES string of the molecule is COc1ccc(C(=O)OCC(=O)N(C)c2ccccc2)cc1S(=O)(=O)N(C)C. The number of sulfonamides is 1. The molecule has 0 aliphatic rings. The predicted molar refractivity (Wildman–Crippen MR) is 104 cm³/mol. The first-order valence-electron chi connectivity index (χ1n) is 8.27. The summed E-state index contributed by atoms with van der Waals surface area (Å²) in [5, 5.41) is 0. The van der Waals surface area contributed by atoms with Gasteiger partial charge in [0.25, 0.3) is 5.91 Å². The molecule has 0 N–H and O–H groups in total. The van der Waals surface area contributed by atoms with E-state index in [0.29, 0.717) is 5.69 Å². The molecule has 0 saturated heterocycles. The molecule has 0 heterocycles. The molecule has 2 aromatic carbocycles. The normalized spacial score (nSPS) is 11.2. The highest BCUT2D eigenvalue weighted by Crippen LogP contribution is 2.27. The third-order valence-electron chi connectivity index (χ3n) is 4.00. The van der Waals surface area contributed by atoms with Crippen molar-refractivity contribution in [2.45, 2.75) is 4.90 Å². The van der Waals surface area contributed by atoms with Crippen LogP contribution in [0.2, 0.25) is 0 Å². The molecule has 1 amide bonds. The Bertz CT molecular complexity index is 958. The Hall–Kier alpha value is -2.91. The van der Waals surface area contributed by atoms with E-state index in [9.17, 15) is 18.0 Å². The third-order valence-corrected chi connectivity index (χ3v) is 5.84. The van der Waals surface area contributed by atoms with Crippen molar-refractivity contribution < 1.29 is 27.5 Å². The number of carbonyl (C=O) groups is 2. The molecular weight excluding hydrogens is 384 g/mol. The predicted octanol–water partition coefficient (Wildman–Crippen LogP) is 1.77. The lowest BCUT2D eigenvalue weighted by Gasteiger charge is -2.17. The minimum atomic E-state index is -3.83. The highest BCUT2D eigenvalue weighted by atomic mass is 32.2. The first-order chi connectivity index (χ1) is 13.2. The first kappa shape index (κ1) is 21.4. The number of rotatable bonds is 7. The number of anilines is 1. The molecule has 0 aliphatic carbocycles. The maximum absolute atomic E-state index is 12.4. The number of carbonyl (C=O) groups excluding carboxylic acids is 2. The summed E-state index contributed by atoms with van der Waals surface area (Å²) in [5.74, 6) is -1.13. The number of esters is 1. The highest BCUT2D eigenvalue weighted by molar-refractivity contribution is 7.89. The minimum Gasteiger partial charge on any atom is -0.495 e. The maximum atomic E-state index is 12.4. The van der Waals surface area contributed by atoms with E-state index in [1.165, 1.54) is 44.3 Å². The zero-order chi connectivity index (χ0) is 20.9. The molecule has 150 valence electrons. The van der Waals surface area contributed by atoms with E-state index < -0.39 is 28.5 Å². The lowest BCUT2D eigenvalue weighted by molar-refractivity contribution is -0.121. The molecule has 0 aliphatic heterocycles. The topological polar surface area (TPSA) is 93.2 Å². The molecule has 0 radical (unpaired) electrons. The number of nitrogens with zero attached hydrogens (tertiary/aromatic N) is 2. The van der Waals surface area contributed by atoms with E-state index in [4.69, 9.17) is 9.47 Å². The van der Waals surface area contributed by atoms with Crippen LogP contribution in [0.1, 0.15) is 10.4 Å². The molecule has 0 unspecified atom stereocenters. The second kappa shape index (κ2) is 8.85. The fourth-order valence-corrected chi connectivity index (χ4v) is 3.38. The van der Waals surface area contributed by atoms with Crippen LogP contribution >= 0.6 is 0 Å². The van der Waals surface area contributed by atoms with Crippen LogP contribution in [0.5, 0.6) is 5.75 Å². The summed E-state index contributed by atoms with van der Waals surface area (Å²) in [6.45, 7) is -0.480. The molecule has 0 fully saturated rings. The second-order valence-corrected chi connectivity index (χ2v) is 8.14. The van der Waals surface area contributed by atoms with Gasteiger partial charge in [0.05, 0.1) is 12.7 Å². The number of amides is 1. The Morgan fingerprint density at radius 2 is 1.64 bits per heavy atom. The zero-order valence-electron chi connectivity index (χ0n) is 16.1. The Labute approximate surface area is 164 Å². The summed E-state index contributed by atoms with van der Waals surface area (Å²) < 4.78 is 36.0. The Morgan fingerprint density at radius 1 is 1.00 bits per heavy atom. The molecule has 0 spiro atoms. The quantitative estimate of drug-likeness (QED) is 0.651. The smallest absolute Gasteiger partial charge is 0.338 e. The Kier molecular flexibility index (Phi) is 6.76. The number of benzene rings is 2. The van der Waals surface area contributed by atoms with Crippen molar-refractivity contribution >= 4 is 27.6 Å². The van der Waals surface area contributed by atoms with Gasteiger partial charge >= 0.3 is 5.97 Å². The number of hydrogen-bond acceptors (Lipinski definition) is 6. The van der Waals surface area contributed by atoms with Gasteiger partial charge in [-0.05, 0) is 30.3 Å². The van der Waals surface area contributed by atoms with Crippen LogP contribution in [0.3, 0.4) is 0 Å². The molecule has 0 saturated carbocycles. The second-order valence-electron chi connectivity index (χ2n) is 6.02. The molecule has 2 rings (SSSR count). The summed E-state index contributed by atoms with van der Waals surface area (Å²) in [5.41, 5.74) is 0.656. The van der Waals surface area contributed by atoms with E-state index in [2.05, 4.69) is 0 Å². The van der Waals surface area contributed by atoms with Crippen LogP contribution in [0.15, 0.2) is 53.4 Å². The molecule has 2 aromatic rings. The number of methoxy groups -OCH3 is 1. The van der Waals surface area contributed by atoms with Gasteiger partial charge in [-0.25, -0.2) is 17.5 Å². The van der Waals surface area contributed by atoms with Gasteiger partial charge in [0.15, 0.2) is 6.61 Å². The van der Waals surface area contributed by atoms with Crippen LogP contribution < -0.4 is 9.64 Å². The summed E-state index contributed by atoms with van der Waals surface area (Å²) in [7, 11) is 1.82. The number of hydrogen-bond donors (Lipinski definition) is 0. The van der Waals surface area contributed by atoms with Crippen LogP contribution in [-0.2, 0) is 19.6 Å². The number of para-hydroxylation sites is 1. The Morgan fingerprint density at radius 3 is 2.21 bits per heavy atom. The fraction of sp³-hybridized carbons (Fsp3) is 0.263. The van der Waals surface area contributed by atoms with Gasteiger partial charge in [0, 0.05) is 26.8 Å². The van der Waals surface area contributed by atoms with E-state index >= 15 is 0 Å². The van der Waals surface area contributed by atoms with Gasteiger partial charge in [-0.15, -0.1) is 0 Å². The maximum Gasteiger partial charge on any atom is 0.338 e. The van der Waals surface area contributed by atoms with Crippen LogP contribution in [-0.4, -0.2) is 59.5 Å². The molecular formula is C19H22N2O6S. The van der Waals surface area contributed by atoms with Crippen molar-refractivity contribution in [2.75, 3.05) is 39.8 Å². The minimum absolute atomic E-state index is 0.00334. The van der Waals surface area contributed by atoms with E-state index in [-0.39, 0.29) is 16.2 Å². The molecule has 28 heavy (non-hydrogen) atoms. The lowest BCUT2D eigenvalue weighted by Crippen LogP contribution is -2.31. The highest BCUT2D eigenvalue weighted by Gasteiger charge is 2.24. The van der Waals surface area contributed by atoms with Crippen molar-refractivity contribution in [3.8, 4) is 5.75 Å². The van der Waals surface area contributed by atoms with Gasteiger partial charge in [-0.1, -0.05) is 18.2 Å². The van der Waals surface area contributed by atoms with Crippen molar-refractivity contribution in [3.05, 3.63) is 54.1 Å².